The molecule has 4 aromatic rings. The predicted octanol–water partition coefficient (Wildman–Crippen LogP) is 6.66. The smallest absolute Gasteiger partial charge is 0.412 e. The van der Waals surface area contributed by atoms with Gasteiger partial charge < -0.3 is 30.4 Å². The molecule has 0 aliphatic rings. The summed E-state index contributed by atoms with van der Waals surface area (Å²) in [6.45, 7) is 1.84. The Kier molecular flexibility index (Phi) is 11.8. The van der Waals surface area contributed by atoms with Crippen molar-refractivity contribution in [3.8, 4) is 11.5 Å². The second-order valence-corrected chi connectivity index (χ2v) is 9.95. The van der Waals surface area contributed by atoms with Gasteiger partial charge in [-0.15, -0.1) is 0 Å². The third-order valence-corrected chi connectivity index (χ3v) is 6.58. The van der Waals surface area contributed by atoms with Crippen LogP contribution in [-0.2, 0) is 9.53 Å². The Morgan fingerprint density at radius 3 is 2.34 bits per heavy atom. The zero-order valence-electron chi connectivity index (χ0n) is 24.5. The fourth-order valence-electron chi connectivity index (χ4n) is 4.42. The molecule has 228 valence electrons. The van der Waals surface area contributed by atoms with Crippen LogP contribution in [0.4, 0.5) is 21.9 Å². The molecule has 0 saturated carbocycles. The molecule has 0 spiro atoms. The SMILES string of the molecule is Cc1ccc(NC(=O)O[C@H](c2ccccc2OCCO)[C@@H](CC/C=C/C(=O)Nc2ccccc2N)Oc2ccccc2)cc1. The number of aliphatic hydroxyl groups excluding tert-OH is 1. The van der Waals surface area contributed by atoms with E-state index in [0.29, 0.717) is 47.0 Å². The number of hydrogen-bond acceptors (Lipinski definition) is 7. The highest BCUT2D eigenvalue weighted by Crippen LogP contribution is 2.35. The number of carbonyl (C=O) groups is 2. The number of hydrogen-bond donors (Lipinski definition) is 4. The topological polar surface area (TPSA) is 132 Å². The average molecular weight is 596 g/mol. The third kappa shape index (κ3) is 9.64. The number of nitrogens with one attached hydrogen (secondary N) is 2. The fraction of sp³-hybridized carbons (Fsp3) is 0.200. The molecule has 0 aliphatic carbocycles. The quantitative estimate of drug-likeness (QED) is 0.0947. The molecular formula is C35H37N3O6. The van der Waals surface area contributed by atoms with Gasteiger partial charge in [0.1, 0.15) is 24.2 Å². The summed E-state index contributed by atoms with van der Waals surface area (Å²) in [4.78, 5) is 25.8. The van der Waals surface area contributed by atoms with Gasteiger partial charge in [0.25, 0.3) is 0 Å². The molecule has 0 saturated heterocycles. The first-order chi connectivity index (χ1) is 21.4. The molecule has 5 N–H and O–H groups in total. The summed E-state index contributed by atoms with van der Waals surface area (Å²) in [7, 11) is 0. The number of aryl methyl sites for hydroxylation is 1. The Morgan fingerprint density at radius 1 is 0.886 bits per heavy atom. The maximum Gasteiger partial charge on any atom is 0.412 e. The van der Waals surface area contributed by atoms with Gasteiger partial charge in [0.05, 0.1) is 18.0 Å². The number of rotatable bonds is 14. The third-order valence-electron chi connectivity index (χ3n) is 6.58. The molecule has 0 unspecified atom stereocenters. The van der Waals surface area contributed by atoms with Crippen LogP contribution in [0.2, 0.25) is 0 Å². The summed E-state index contributed by atoms with van der Waals surface area (Å²) in [5.41, 5.74) is 9.14. The van der Waals surface area contributed by atoms with Crippen molar-refractivity contribution in [1.29, 1.82) is 0 Å². The Balaban J connectivity index is 1.58. The molecule has 0 heterocycles. The van der Waals surface area contributed by atoms with Crippen LogP contribution in [0.25, 0.3) is 0 Å². The minimum atomic E-state index is -0.915. The summed E-state index contributed by atoms with van der Waals surface area (Å²) < 4.78 is 18.3. The van der Waals surface area contributed by atoms with E-state index in [0.717, 1.165) is 5.56 Å². The molecule has 2 amide bonds. The molecule has 44 heavy (non-hydrogen) atoms. The van der Waals surface area contributed by atoms with Crippen LogP contribution in [0.5, 0.6) is 11.5 Å². The highest BCUT2D eigenvalue weighted by Gasteiger charge is 2.31. The molecule has 9 heteroatoms. The molecule has 4 aromatic carbocycles. The molecule has 0 radical (unpaired) electrons. The summed E-state index contributed by atoms with van der Waals surface area (Å²) in [5.74, 6) is 0.711. The minimum Gasteiger partial charge on any atom is -0.491 e. The number of nitrogens with two attached hydrogens (primary N) is 1. The van der Waals surface area contributed by atoms with Crippen LogP contribution in [0.3, 0.4) is 0 Å². The first kappa shape index (κ1) is 31.7. The number of aliphatic hydroxyl groups is 1. The van der Waals surface area contributed by atoms with Crippen molar-refractivity contribution < 1.29 is 28.9 Å². The predicted molar refractivity (Wildman–Crippen MR) is 172 cm³/mol. The van der Waals surface area contributed by atoms with Gasteiger partial charge in [-0.05, 0) is 68.3 Å². The number of allylic oxidation sites excluding steroid dienone is 1. The van der Waals surface area contributed by atoms with E-state index in [2.05, 4.69) is 10.6 Å². The van der Waals surface area contributed by atoms with Crippen LogP contribution in [0.15, 0.2) is 115 Å². The molecule has 0 aromatic heterocycles. The standard InChI is InChI=1S/C35H37N3O6/c1-25-19-21-26(22-20-25)37-35(41)44-34(28-13-5-8-16-31(28)42-24-23-39)32(43-27-11-3-2-4-12-27)17-9-10-18-33(40)38-30-15-7-6-14-29(30)36/h2-8,10-16,18-22,32,34,39H,9,17,23-24,36H2,1H3,(H,37,41)(H,38,40)/b18-10+/t32-,34-/m1/s1. The van der Waals surface area contributed by atoms with E-state index in [4.69, 9.17) is 19.9 Å². The Bertz CT molecular complexity index is 1530. The molecule has 9 nitrogen and oxygen atoms in total. The molecule has 4 rings (SSSR count). The molecule has 0 bridgehead atoms. The van der Waals surface area contributed by atoms with Crippen molar-refractivity contribution in [2.45, 2.75) is 32.0 Å². The molecule has 0 fully saturated rings. The monoisotopic (exact) mass is 595 g/mol. The van der Waals surface area contributed by atoms with Crippen molar-refractivity contribution in [3.63, 3.8) is 0 Å². The number of amides is 2. The van der Waals surface area contributed by atoms with Gasteiger partial charge in [-0.1, -0.05) is 72.3 Å². The number of benzene rings is 4. The Morgan fingerprint density at radius 2 is 1.59 bits per heavy atom. The van der Waals surface area contributed by atoms with Crippen molar-refractivity contribution in [2.75, 3.05) is 29.6 Å². The van der Waals surface area contributed by atoms with E-state index in [-0.39, 0.29) is 19.1 Å². The second-order valence-electron chi connectivity index (χ2n) is 9.95. The highest BCUT2D eigenvalue weighted by atomic mass is 16.6. The van der Waals surface area contributed by atoms with Crippen molar-refractivity contribution >= 4 is 29.1 Å². The molecule has 0 aliphatic heterocycles. The highest BCUT2D eigenvalue weighted by molar-refractivity contribution is 6.01. The van der Waals surface area contributed by atoms with Gasteiger partial charge in [-0.2, -0.15) is 0 Å². The summed E-state index contributed by atoms with van der Waals surface area (Å²) in [6, 6.07) is 30.8. The van der Waals surface area contributed by atoms with Crippen molar-refractivity contribution in [3.05, 3.63) is 126 Å². The van der Waals surface area contributed by atoms with E-state index in [1.807, 2.05) is 55.5 Å². The van der Waals surface area contributed by atoms with Crippen LogP contribution in [0, 0.1) is 6.92 Å². The van der Waals surface area contributed by atoms with Crippen LogP contribution in [0.1, 0.15) is 30.1 Å². The van der Waals surface area contributed by atoms with Crippen molar-refractivity contribution in [1.82, 2.24) is 0 Å². The van der Waals surface area contributed by atoms with Gasteiger partial charge in [0, 0.05) is 11.3 Å². The van der Waals surface area contributed by atoms with Gasteiger partial charge >= 0.3 is 6.09 Å². The zero-order valence-corrected chi connectivity index (χ0v) is 24.5. The van der Waals surface area contributed by atoms with Gasteiger partial charge in [-0.3, -0.25) is 10.1 Å². The van der Waals surface area contributed by atoms with Crippen LogP contribution in [-0.4, -0.2) is 36.4 Å². The lowest BCUT2D eigenvalue weighted by molar-refractivity contribution is -0.111. The van der Waals surface area contributed by atoms with Crippen molar-refractivity contribution in [2.24, 2.45) is 0 Å². The van der Waals surface area contributed by atoms with E-state index < -0.39 is 18.3 Å². The van der Waals surface area contributed by atoms with Gasteiger partial charge in [0.2, 0.25) is 5.91 Å². The lowest BCUT2D eigenvalue weighted by Gasteiger charge is -2.29. The number of nitrogen functional groups attached to an aromatic ring is 1. The number of ether oxygens (including phenoxy) is 3. The minimum absolute atomic E-state index is 0.0628. The fourth-order valence-corrected chi connectivity index (χ4v) is 4.42. The average Bonchev–Trinajstić information content (AvgIpc) is 3.03. The first-order valence-electron chi connectivity index (χ1n) is 14.3. The van der Waals surface area contributed by atoms with E-state index in [1.165, 1.54) is 6.08 Å². The number of carbonyl (C=O) groups excluding carboxylic acids is 2. The molecule has 2 atom stereocenters. The first-order valence-corrected chi connectivity index (χ1v) is 14.3. The number of anilines is 3. The maximum absolute atomic E-state index is 13.2. The normalized spacial score (nSPS) is 12.2. The molecular weight excluding hydrogens is 558 g/mol. The largest absolute Gasteiger partial charge is 0.491 e. The second kappa shape index (κ2) is 16.4. The Hall–Kier alpha value is -5.28. The van der Waals surface area contributed by atoms with Crippen LogP contribution >= 0.6 is 0 Å². The van der Waals surface area contributed by atoms with E-state index >= 15 is 0 Å². The summed E-state index contributed by atoms with van der Waals surface area (Å²) >= 11 is 0. The lowest BCUT2D eigenvalue weighted by Crippen LogP contribution is -2.31. The van der Waals surface area contributed by atoms with Crippen LogP contribution < -0.4 is 25.8 Å². The Labute approximate surface area is 257 Å². The maximum atomic E-state index is 13.2. The van der Waals surface area contributed by atoms with Gasteiger partial charge in [-0.25, -0.2) is 4.79 Å². The van der Waals surface area contributed by atoms with Gasteiger partial charge in [0.15, 0.2) is 6.10 Å². The zero-order chi connectivity index (χ0) is 31.1. The summed E-state index contributed by atoms with van der Waals surface area (Å²) in [6.07, 6.45) is 1.70. The summed E-state index contributed by atoms with van der Waals surface area (Å²) in [5, 5.41) is 15.0. The number of para-hydroxylation sites is 4. The van der Waals surface area contributed by atoms with E-state index in [9.17, 15) is 14.7 Å². The lowest BCUT2D eigenvalue weighted by atomic mass is 9.99. The van der Waals surface area contributed by atoms with E-state index in [1.54, 1.807) is 60.7 Å².